The van der Waals surface area contributed by atoms with Crippen molar-refractivity contribution in [2.45, 2.75) is 0 Å². The lowest BCUT2D eigenvalue weighted by Crippen LogP contribution is -2.12. The Morgan fingerprint density at radius 3 is 1.63 bits per heavy atom. The van der Waals surface area contributed by atoms with Crippen molar-refractivity contribution in [3.8, 4) is 33.6 Å². The number of pyridine rings is 1. The van der Waals surface area contributed by atoms with Crippen LogP contribution >= 0.6 is 0 Å². The van der Waals surface area contributed by atoms with E-state index in [1.165, 1.54) is 49.2 Å². The molecule has 4 heteroatoms. The molecule has 0 atom stereocenters. The zero-order chi connectivity index (χ0) is 38.8. The Morgan fingerprint density at radius 2 is 0.831 bits per heavy atom. The Morgan fingerprint density at radius 1 is 0.305 bits per heavy atom. The predicted molar refractivity (Wildman–Crippen MR) is 247 cm³/mol. The molecule has 0 fully saturated rings. The summed E-state index contributed by atoms with van der Waals surface area (Å²) in [4.78, 5) is 14.0. The minimum absolute atomic E-state index is 0.0249. The Kier molecular flexibility index (Phi) is 6.56. The van der Waals surface area contributed by atoms with Gasteiger partial charge in [0.2, 0.25) is 0 Å². The highest BCUT2D eigenvalue weighted by molar-refractivity contribution is 6.21. The maximum atomic E-state index is 14.0. The summed E-state index contributed by atoms with van der Waals surface area (Å²) in [6, 6.07) is 71.4. The van der Waals surface area contributed by atoms with E-state index in [1.54, 1.807) is 0 Å². The Labute approximate surface area is 338 Å². The molecule has 0 saturated heterocycles. The summed E-state index contributed by atoms with van der Waals surface area (Å²) in [7, 11) is 0. The van der Waals surface area contributed by atoms with E-state index >= 15 is 0 Å². The molecule has 0 aliphatic carbocycles. The summed E-state index contributed by atoms with van der Waals surface area (Å²) in [6.45, 7) is 0. The van der Waals surface area contributed by atoms with Crippen molar-refractivity contribution in [2.24, 2.45) is 0 Å². The lowest BCUT2D eigenvalue weighted by molar-refractivity contribution is 1.18. The number of hydrogen-bond donors (Lipinski definition) is 0. The van der Waals surface area contributed by atoms with Crippen LogP contribution in [0.5, 0.6) is 0 Å². The lowest BCUT2D eigenvalue weighted by Gasteiger charge is -2.11. The second kappa shape index (κ2) is 12.0. The lowest BCUT2D eigenvalue weighted by atomic mass is 9.98. The van der Waals surface area contributed by atoms with E-state index in [0.29, 0.717) is 0 Å². The molecule has 4 heterocycles. The van der Waals surface area contributed by atoms with Gasteiger partial charge in [-0.1, -0.05) is 127 Å². The average molecular weight is 752 g/mol. The molecular weight excluding hydrogens is 719 g/mol. The van der Waals surface area contributed by atoms with Crippen LogP contribution in [-0.2, 0) is 0 Å². The van der Waals surface area contributed by atoms with Crippen LogP contribution in [0, 0.1) is 0 Å². The Hall–Kier alpha value is -7.95. The third-order valence-corrected chi connectivity index (χ3v) is 12.6. The van der Waals surface area contributed by atoms with E-state index in [2.05, 4.69) is 185 Å². The van der Waals surface area contributed by atoms with Gasteiger partial charge in [0.25, 0.3) is 5.56 Å². The van der Waals surface area contributed by atoms with E-state index in [4.69, 9.17) is 0 Å². The van der Waals surface area contributed by atoms with Gasteiger partial charge in [-0.15, -0.1) is 0 Å². The summed E-state index contributed by atoms with van der Waals surface area (Å²) in [5, 5.41) is 9.96. The van der Waals surface area contributed by atoms with Crippen LogP contribution in [0.2, 0.25) is 0 Å². The van der Waals surface area contributed by atoms with Crippen molar-refractivity contribution in [3.63, 3.8) is 0 Å². The van der Waals surface area contributed by atoms with E-state index in [0.717, 1.165) is 66.0 Å². The largest absolute Gasteiger partial charge is 0.309 e. The van der Waals surface area contributed by atoms with Gasteiger partial charge in [0.1, 0.15) is 0 Å². The molecule has 0 radical (unpaired) electrons. The van der Waals surface area contributed by atoms with E-state index in [1.807, 2.05) is 28.7 Å². The third kappa shape index (κ3) is 4.46. The molecule has 274 valence electrons. The predicted octanol–water partition coefficient (Wildman–Crippen LogP) is 13.7. The summed E-state index contributed by atoms with van der Waals surface area (Å²) in [5.74, 6) is 0. The fraction of sp³-hybridized carbons (Fsp3) is 0. The minimum Gasteiger partial charge on any atom is -0.309 e. The summed E-state index contributed by atoms with van der Waals surface area (Å²) in [5.41, 5.74) is 13.6. The fourth-order valence-electron chi connectivity index (χ4n) is 10.0. The van der Waals surface area contributed by atoms with Gasteiger partial charge in [0.05, 0.1) is 33.1 Å². The molecule has 13 rings (SSSR count). The van der Waals surface area contributed by atoms with Gasteiger partial charge in [0.15, 0.2) is 0 Å². The van der Waals surface area contributed by atoms with Crippen molar-refractivity contribution in [1.29, 1.82) is 0 Å². The summed E-state index contributed by atoms with van der Waals surface area (Å²) < 4.78 is 6.66. The molecule has 0 aliphatic rings. The molecule has 4 aromatic heterocycles. The van der Waals surface area contributed by atoms with Crippen LogP contribution in [0.15, 0.2) is 205 Å². The average Bonchev–Trinajstić information content (AvgIpc) is 3.95. The van der Waals surface area contributed by atoms with Gasteiger partial charge in [-0.2, -0.15) is 0 Å². The molecule has 0 bridgehead atoms. The highest BCUT2D eigenvalue weighted by Gasteiger charge is 2.20. The maximum absolute atomic E-state index is 14.0. The van der Waals surface area contributed by atoms with Crippen LogP contribution in [0.4, 0.5) is 0 Å². The minimum atomic E-state index is 0.0249. The van der Waals surface area contributed by atoms with Crippen LogP contribution in [0.25, 0.3) is 115 Å². The van der Waals surface area contributed by atoms with Crippen LogP contribution in [0.3, 0.4) is 0 Å². The normalized spacial score (nSPS) is 12.1. The van der Waals surface area contributed by atoms with E-state index < -0.39 is 0 Å². The summed E-state index contributed by atoms with van der Waals surface area (Å²) >= 11 is 0. The smallest absolute Gasteiger partial charge is 0.263 e. The molecule has 4 nitrogen and oxygen atoms in total. The molecule has 0 aliphatic heterocycles. The topological polar surface area (TPSA) is 31.3 Å². The first-order chi connectivity index (χ1) is 29.2. The number of benzene rings is 9. The number of rotatable bonds is 4. The van der Waals surface area contributed by atoms with Crippen molar-refractivity contribution >= 4 is 81.6 Å². The number of para-hydroxylation sites is 5. The quantitative estimate of drug-likeness (QED) is 0.165. The first-order valence-corrected chi connectivity index (χ1v) is 20.1. The number of nitrogens with zero attached hydrogens (tertiary/aromatic N) is 3. The van der Waals surface area contributed by atoms with Gasteiger partial charge in [-0.25, -0.2) is 0 Å². The molecule has 59 heavy (non-hydrogen) atoms. The maximum Gasteiger partial charge on any atom is 0.263 e. The number of aromatic nitrogens is 3. The van der Waals surface area contributed by atoms with Crippen molar-refractivity contribution in [1.82, 2.24) is 13.5 Å². The molecule has 0 amide bonds. The van der Waals surface area contributed by atoms with Crippen molar-refractivity contribution < 1.29 is 0 Å². The van der Waals surface area contributed by atoms with Gasteiger partial charge >= 0.3 is 0 Å². The van der Waals surface area contributed by atoms with E-state index in [9.17, 15) is 4.79 Å². The first-order valence-electron chi connectivity index (χ1n) is 20.1. The molecular formula is C55H33N3O. The SMILES string of the molecule is O=c1c2ccc(-c3ccc(-n4c5ccccc5c5cc(-c6cccc7c6c6ccccc6n7-c6ccccc6)ccc54)cc3)cc2c2cccc3c4ccccc4n1c23. The van der Waals surface area contributed by atoms with Crippen molar-refractivity contribution in [3.05, 3.63) is 211 Å². The van der Waals surface area contributed by atoms with Gasteiger partial charge in [-0.3, -0.25) is 9.20 Å². The van der Waals surface area contributed by atoms with Crippen LogP contribution in [-0.4, -0.2) is 13.5 Å². The third-order valence-electron chi connectivity index (χ3n) is 12.6. The Bertz CT molecular complexity index is 3910. The molecule has 0 saturated carbocycles. The standard InChI is InChI=1S/C55H33N3O/c59-55-44-30-26-35(32-46(44)43-19-10-18-42-40-14-4-8-21-49(40)58(55)54(42)43)34-24-28-38(29-25-34)56-48-20-7-5-15-41(48)47-33-36(27-31-51(47)56)39-17-11-23-52-53(39)45-16-6-9-22-50(45)57(52)37-12-2-1-3-13-37/h1-33H. The fourth-order valence-corrected chi connectivity index (χ4v) is 10.0. The second-order valence-electron chi connectivity index (χ2n) is 15.6. The molecule has 0 N–H and O–H groups in total. The zero-order valence-corrected chi connectivity index (χ0v) is 31.8. The second-order valence-corrected chi connectivity index (χ2v) is 15.6. The molecule has 0 spiro atoms. The summed E-state index contributed by atoms with van der Waals surface area (Å²) in [6.07, 6.45) is 0. The highest BCUT2D eigenvalue weighted by atomic mass is 16.1. The van der Waals surface area contributed by atoms with Gasteiger partial charge < -0.3 is 9.13 Å². The molecule has 13 aromatic rings. The van der Waals surface area contributed by atoms with Gasteiger partial charge in [-0.05, 0) is 100 Å². The highest BCUT2D eigenvalue weighted by Crippen LogP contribution is 2.42. The van der Waals surface area contributed by atoms with Crippen LogP contribution < -0.4 is 5.56 Å². The molecule has 9 aromatic carbocycles. The van der Waals surface area contributed by atoms with Crippen molar-refractivity contribution in [2.75, 3.05) is 0 Å². The Balaban J connectivity index is 0.944. The monoisotopic (exact) mass is 751 g/mol. The van der Waals surface area contributed by atoms with Gasteiger partial charge in [0, 0.05) is 54.5 Å². The van der Waals surface area contributed by atoms with Crippen LogP contribution in [0.1, 0.15) is 0 Å². The first kappa shape index (κ1) is 32.2. The van der Waals surface area contributed by atoms with E-state index in [-0.39, 0.29) is 5.56 Å². The number of fused-ring (bicyclic) bond motifs is 11. The zero-order valence-electron chi connectivity index (χ0n) is 31.8. The molecule has 0 unspecified atom stereocenters. The number of hydrogen-bond acceptors (Lipinski definition) is 1.